The summed E-state index contributed by atoms with van der Waals surface area (Å²) in [7, 11) is 0. The molecule has 1 aliphatic rings. The van der Waals surface area contributed by atoms with E-state index in [1.54, 1.807) is 11.8 Å². The van der Waals surface area contributed by atoms with Crippen LogP contribution in [-0.2, 0) is 10.9 Å². The van der Waals surface area contributed by atoms with E-state index in [-0.39, 0.29) is 17.7 Å². The number of carbonyl (C=O) groups excluding carboxylic acids is 1. The number of hydrogen-bond donors (Lipinski definition) is 0. The first kappa shape index (κ1) is 20.2. The summed E-state index contributed by atoms with van der Waals surface area (Å²) in [6, 6.07) is 14.6. The molecular weight excluding hydrogens is 395 g/mol. The van der Waals surface area contributed by atoms with Gasteiger partial charge in [0, 0.05) is 6.54 Å². The monoisotopic (exact) mass is 415 g/mol. The molecule has 156 valence electrons. The van der Waals surface area contributed by atoms with Crippen LogP contribution in [0.1, 0.15) is 33.3 Å². The van der Waals surface area contributed by atoms with Crippen molar-refractivity contribution < 1.29 is 22.7 Å². The quantitative estimate of drug-likeness (QED) is 0.637. The van der Waals surface area contributed by atoms with E-state index in [4.69, 9.17) is 4.74 Å². The number of carbonyl (C=O) groups is 1. The van der Waals surface area contributed by atoms with E-state index in [0.717, 1.165) is 17.7 Å². The molecule has 0 radical (unpaired) electrons. The minimum atomic E-state index is -4.45. The lowest BCUT2D eigenvalue weighted by Gasteiger charge is -2.33. The number of rotatable bonds is 3. The third kappa shape index (κ3) is 3.95. The predicted octanol–water partition coefficient (Wildman–Crippen LogP) is 4.41. The van der Waals surface area contributed by atoms with Gasteiger partial charge >= 0.3 is 6.18 Å². The van der Waals surface area contributed by atoms with E-state index >= 15 is 0 Å². The topological polar surface area (TPSA) is 47.4 Å². The van der Waals surface area contributed by atoms with Gasteiger partial charge in [0.25, 0.3) is 5.91 Å². The Morgan fingerprint density at radius 3 is 2.63 bits per heavy atom. The summed E-state index contributed by atoms with van der Waals surface area (Å²) in [5.41, 5.74) is 1.33. The Kier molecular flexibility index (Phi) is 5.34. The van der Waals surface area contributed by atoms with Gasteiger partial charge in [-0.15, -0.1) is 0 Å². The molecule has 1 saturated heterocycles. The number of amides is 1. The number of aromatic nitrogens is 2. The van der Waals surface area contributed by atoms with E-state index in [1.807, 2.05) is 30.3 Å². The molecule has 2 heterocycles. The molecule has 8 heteroatoms. The highest BCUT2D eigenvalue weighted by Gasteiger charge is 2.31. The molecule has 0 unspecified atom stereocenters. The summed E-state index contributed by atoms with van der Waals surface area (Å²) >= 11 is 0. The van der Waals surface area contributed by atoms with E-state index in [2.05, 4.69) is 5.10 Å². The molecule has 2 aromatic carbocycles. The fraction of sp³-hybridized carbons (Fsp3) is 0.273. The van der Waals surface area contributed by atoms with E-state index < -0.39 is 11.7 Å². The fourth-order valence-electron chi connectivity index (χ4n) is 3.57. The first-order valence-electron chi connectivity index (χ1n) is 9.52. The average molecular weight is 415 g/mol. The van der Waals surface area contributed by atoms with Crippen LogP contribution in [0.4, 0.5) is 13.2 Å². The molecule has 0 spiro atoms. The van der Waals surface area contributed by atoms with Crippen LogP contribution in [-0.4, -0.2) is 40.3 Å². The largest absolute Gasteiger partial charge is 0.416 e. The number of alkyl halides is 3. The van der Waals surface area contributed by atoms with Crippen molar-refractivity contribution in [3.8, 4) is 5.69 Å². The molecule has 0 N–H and O–H groups in total. The molecule has 0 aliphatic carbocycles. The van der Waals surface area contributed by atoms with Gasteiger partial charge in [-0.1, -0.05) is 36.4 Å². The van der Waals surface area contributed by atoms with Gasteiger partial charge in [-0.05, 0) is 30.7 Å². The van der Waals surface area contributed by atoms with Gasteiger partial charge in [-0.3, -0.25) is 4.79 Å². The van der Waals surface area contributed by atoms with Crippen LogP contribution in [0.2, 0.25) is 0 Å². The smallest absolute Gasteiger partial charge is 0.370 e. The number of ether oxygens (including phenoxy) is 1. The normalized spacial score (nSPS) is 17.2. The van der Waals surface area contributed by atoms with E-state index in [9.17, 15) is 18.0 Å². The van der Waals surface area contributed by atoms with Crippen LogP contribution in [0.3, 0.4) is 0 Å². The number of halogens is 3. The molecule has 3 aromatic rings. The Morgan fingerprint density at radius 2 is 1.90 bits per heavy atom. The second-order valence-corrected chi connectivity index (χ2v) is 7.12. The van der Waals surface area contributed by atoms with Crippen molar-refractivity contribution in [2.24, 2.45) is 0 Å². The third-order valence-electron chi connectivity index (χ3n) is 5.18. The zero-order valence-electron chi connectivity index (χ0n) is 16.3. The summed E-state index contributed by atoms with van der Waals surface area (Å²) in [4.78, 5) is 14.8. The van der Waals surface area contributed by atoms with Gasteiger partial charge in [-0.25, -0.2) is 4.68 Å². The van der Waals surface area contributed by atoms with Crippen molar-refractivity contribution in [2.45, 2.75) is 19.2 Å². The highest BCUT2D eigenvalue weighted by atomic mass is 19.4. The molecule has 30 heavy (non-hydrogen) atoms. The molecule has 0 saturated carbocycles. The molecular formula is C22H20F3N3O2. The maximum absolute atomic E-state index is 13.1. The average Bonchev–Trinajstić information content (AvgIpc) is 3.14. The Morgan fingerprint density at radius 1 is 1.13 bits per heavy atom. The predicted molar refractivity (Wildman–Crippen MR) is 104 cm³/mol. The van der Waals surface area contributed by atoms with Gasteiger partial charge < -0.3 is 9.64 Å². The van der Waals surface area contributed by atoms with Gasteiger partial charge in [0.2, 0.25) is 0 Å². The van der Waals surface area contributed by atoms with Crippen molar-refractivity contribution >= 4 is 5.91 Å². The first-order valence-corrected chi connectivity index (χ1v) is 9.52. The van der Waals surface area contributed by atoms with E-state index in [1.165, 1.54) is 23.0 Å². The summed E-state index contributed by atoms with van der Waals surface area (Å²) < 4.78 is 46.3. The van der Waals surface area contributed by atoms with Crippen LogP contribution in [0.25, 0.3) is 5.69 Å². The standard InChI is InChI=1S/C22H20F3N3O2/c1-15-19(13-26-28(15)18-9-5-8-17(12-18)22(23,24)25)21(29)27-10-11-30-20(14-27)16-6-3-2-4-7-16/h2-9,12-13,20H,10-11,14H2,1H3/t20-/m0/s1. The van der Waals surface area contributed by atoms with Crippen molar-refractivity contribution in [1.82, 2.24) is 14.7 Å². The Hall–Kier alpha value is -3.13. The minimum absolute atomic E-state index is 0.213. The summed E-state index contributed by atoms with van der Waals surface area (Å²) in [5.74, 6) is -0.213. The van der Waals surface area contributed by atoms with Crippen LogP contribution < -0.4 is 0 Å². The summed E-state index contributed by atoms with van der Waals surface area (Å²) in [5, 5.41) is 4.17. The zero-order valence-corrected chi connectivity index (χ0v) is 16.3. The number of benzene rings is 2. The summed E-state index contributed by atoms with van der Waals surface area (Å²) in [6.07, 6.45) is -3.26. The molecule has 1 aliphatic heterocycles. The second-order valence-electron chi connectivity index (χ2n) is 7.12. The molecule has 0 bridgehead atoms. The molecule has 4 rings (SSSR count). The van der Waals surface area contributed by atoms with Gasteiger partial charge in [-0.2, -0.15) is 18.3 Å². The van der Waals surface area contributed by atoms with E-state index in [0.29, 0.717) is 31.0 Å². The lowest BCUT2D eigenvalue weighted by molar-refractivity contribution is -0.137. The highest BCUT2D eigenvalue weighted by molar-refractivity contribution is 5.95. The zero-order chi connectivity index (χ0) is 21.3. The lowest BCUT2D eigenvalue weighted by atomic mass is 10.1. The number of nitrogens with zero attached hydrogens (tertiary/aromatic N) is 3. The maximum atomic E-state index is 13.1. The van der Waals surface area contributed by atoms with Crippen LogP contribution in [0, 0.1) is 6.92 Å². The highest BCUT2D eigenvalue weighted by Crippen LogP contribution is 2.31. The summed E-state index contributed by atoms with van der Waals surface area (Å²) in [6.45, 7) is 2.93. The second kappa shape index (κ2) is 7.95. The fourth-order valence-corrected chi connectivity index (χ4v) is 3.57. The Labute approximate surface area is 171 Å². The Bertz CT molecular complexity index is 1050. The molecule has 1 aromatic heterocycles. The van der Waals surface area contributed by atoms with Gasteiger partial charge in [0.1, 0.15) is 6.10 Å². The van der Waals surface area contributed by atoms with Gasteiger partial charge in [0.05, 0.1) is 41.9 Å². The maximum Gasteiger partial charge on any atom is 0.416 e. The van der Waals surface area contributed by atoms with Crippen molar-refractivity contribution in [3.63, 3.8) is 0 Å². The van der Waals surface area contributed by atoms with Crippen LogP contribution >= 0.6 is 0 Å². The lowest BCUT2D eigenvalue weighted by Crippen LogP contribution is -2.42. The van der Waals surface area contributed by atoms with Gasteiger partial charge in [0.15, 0.2) is 0 Å². The number of hydrogen-bond acceptors (Lipinski definition) is 3. The molecule has 1 fully saturated rings. The Balaban J connectivity index is 1.57. The van der Waals surface area contributed by atoms with Crippen LogP contribution in [0.5, 0.6) is 0 Å². The van der Waals surface area contributed by atoms with Crippen molar-refractivity contribution in [3.05, 3.63) is 83.2 Å². The molecule has 1 amide bonds. The molecule has 1 atom stereocenters. The SMILES string of the molecule is Cc1c(C(=O)N2CCO[C@H](c3ccccc3)C2)cnn1-c1cccc(C(F)(F)F)c1. The number of morpholine rings is 1. The first-order chi connectivity index (χ1) is 14.3. The molecule has 5 nitrogen and oxygen atoms in total. The van der Waals surface area contributed by atoms with Crippen molar-refractivity contribution in [2.75, 3.05) is 19.7 Å². The van der Waals surface area contributed by atoms with Crippen molar-refractivity contribution in [1.29, 1.82) is 0 Å². The minimum Gasteiger partial charge on any atom is -0.370 e. The third-order valence-corrected chi connectivity index (χ3v) is 5.18. The van der Waals surface area contributed by atoms with Crippen LogP contribution in [0.15, 0.2) is 60.8 Å².